The second kappa shape index (κ2) is 3.95. The molecule has 4 aromatic carbocycles. The Hall–Kier alpha value is -2.60. The Morgan fingerprint density at radius 2 is 1.38 bits per heavy atom. The third-order valence-electron chi connectivity index (χ3n) is 4.61. The first-order valence-corrected chi connectivity index (χ1v) is 7.45. The minimum atomic E-state index is 1.05. The summed E-state index contributed by atoms with van der Waals surface area (Å²) in [6, 6.07) is 20.1. The summed E-state index contributed by atoms with van der Waals surface area (Å²) in [6.07, 6.45) is 7.84. The third kappa shape index (κ3) is 1.45. The van der Waals surface area contributed by atoms with Crippen LogP contribution < -0.4 is 0 Å². The highest BCUT2D eigenvalue weighted by atomic mass is 14.2. The lowest BCUT2D eigenvalue weighted by atomic mass is 9.90. The predicted molar refractivity (Wildman–Crippen MR) is 91.9 cm³/mol. The zero-order chi connectivity index (χ0) is 13.8. The molecule has 1 aliphatic rings. The summed E-state index contributed by atoms with van der Waals surface area (Å²) in [5.74, 6) is 0. The molecule has 5 rings (SSSR count). The van der Waals surface area contributed by atoms with Crippen molar-refractivity contribution in [1.29, 1.82) is 0 Å². The molecule has 0 nitrogen and oxygen atoms in total. The first-order chi connectivity index (χ1) is 10.4. The maximum absolute atomic E-state index is 2.31. The molecule has 0 unspecified atom stereocenters. The monoisotopic (exact) mass is 266 g/mol. The summed E-state index contributed by atoms with van der Waals surface area (Å²) in [4.78, 5) is 0. The van der Waals surface area contributed by atoms with Gasteiger partial charge < -0.3 is 0 Å². The minimum absolute atomic E-state index is 1.05. The molecule has 0 aromatic heterocycles. The van der Waals surface area contributed by atoms with Crippen LogP contribution in [-0.2, 0) is 0 Å². The van der Waals surface area contributed by atoms with E-state index in [1.54, 1.807) is 0 Å². The smallest absolute Gasteiger partial charge is 0.00206 e. The van der Waals surface area contributed by atoms with Gasteiger partial charge in [0.15, 0.2) is 0 Å². The fourth-order valence-corrected chi connectivity index (χ4v) is 3.64. The van der Waals surface area contributed by atoms with Crippen molar-refractivity contribution in [3.05, 3.63) is 78.4 Å². The van der Waals surface area contributed by atoms with Crippen LogP contribution in [0.3, 0.4) is 0 Å². The summed E-state index contributed by atoms with van der Waals surface area (Å²) in [6.45, 7) is 0. The molecule has 0 fully saturated rings. The molecule has 98 valence electrons. The van der Waals surface area contributed by atoms with Crippen molar-refractivity contribution >= 4 is 37.9 Å². The van der Waals surface area contributed by atoms with Gasteiger partial charge in [0.25, 0.3) is 0 Å². The Balaban J connectivity index is 2.04. The number of allylic oxidation sites excluding steroid dienone is 4. The first-order valence-electron chi connectivity index (χ1n) is 7.45. The molecule has 0 atom stereocenters. The van der Waals surface area contributed by atoms with E-state index in [9.17, 15) is 0 Å². The van der Waals surface area contributed by atoms with Crippen molar-refractivity contribution < 1.29 is 0 Å². The summed E-state index contributed by atoms with van der Waals surface area (Å²) in [5, 5.41) is 8.17. The van der Waals surface area contributed by atoms with E-state index in [0.717, 1.165) is 6.42 Å². The van der Waals surface area contributed by atoms with Crippen LogP contribution in [0.1, 0.15) is 12.0 Å². The van der Waals surface area contributed by atoms with Gasteiger partial charge in [-0.3, -0.25) is 0 Å². The van der Waals surface area contributed by atoms with E-state index in [1.165, 1.54) is 43.5 Å². The van der Waals surface area contributed by atoms with Gasteiger partial charge in [-0.25, -0.2) is 0 Å². The molecule has 1 aliphatic carbocycles. The second-order valence-electron chi connectivity index (χ2n) is 5.77. The van der Waals surface area contributed by atoms with Crippen LogP contribution in [0, 0.1) is 0 Å². The fourth-order valence-electron chi connectivity index (χ4n) is 3.64. The third-order valence-corrected chi connectivity index (χ3v) is 4.61. The number of benzene rings is 4. The van der Waals surface area contributed by atoms with E-state index in [2.05, 4.69) is 72.8 Å². The Labute approximate surface area is 123 Å². The molecule has 0 radical (unpaired) electrons. The second-order valence-corrected chi connectivity index (χ2v) is 5.77. The molecular weight excluding hydrogens is 252 g/mol. The highest BCUT2D eigenvalue weighted by molar-refractivity contribution is 6.24. The number of hydrogen-bond acceptors (Lipinski definition) is 0. The maximum atomic E-state index is 2.31. The van der Waals surface area contributed by atoms with Crippen LogP contribution in [0.25, 0.3) is 37.9 Å². The average Bonchev–Trinajstić information content (AvgIpc) is 3.07. The van der Waals surface area contributed by atoms with Crippen molar-refractivity contribution in [2.75, 3.05) is 0 Å². The molecule has 4 aromatic rings. The first kappa shape index (κ1) is 11.1. The van der Waals surface area contributed by atoms with E-state index < -0.39 is 0 Å². The lowest BCUT2D eigenvalue weighted by Crippen LogP contribution is -1.88. The highest BCUT2D eigenvalue weighted by Crippen LogP contribution is 2.38. The van der Waals surface area contributed by atoms with Crippen molar-refractivity contribution in [1.82, 2.24) is 0 Å². The van der Waals surface area contributed by atoms with Crippen LogP contribution in [0.15, 0.2) is 72.8 Å². The van der Waals surface area contributed by atoms with E-state index in [1.807, 2.05) is 0 Å². The van der Waals surface area contributed by atoms with Crippen LogP contribution in [0.2, 0.25) is 0 Å². The van der Waals surface area contributed by atoms with Crippen molar-refractivity contribution in [3.8, 4) is 0 Å². The van der Waals surface area contributed by atoms with Gasteiger partial charge in [-0.2, -0.15) is 0 Å². The molecule has 0 N–H and O–H groups in total. The summed E-state index contributed by atoms with van der Waals surface area (Å²) in [7, 11) is 0. The van der Waals surface area contributed by atoms with Gasteiger partial charge in [0.1, 0.15) is 0 Å². The lowest BCUT2D eigenvalue weighted by molar-refractivity contribution is 1.45. The predicted octanol–water partition coefficient (Wildman–Crippen LogP) is 5.93. The van der Waals surface area contributed by atoms with Gasteiger partial charge in [-0.05, 0) is 49.9 Å². The molecule has 0 saturated heterocycles. The quantitative estimate of drug-likeness (QED) is 0.375. The zero-order valence-electron chi connectivity index (χ0n) is 11.6. The Bertz CT molecular complexity index is 1030. The Morgan fingerprint density at radius 3 is 2.14 bits per heavy atom. The summed E-state index contributed by atoms with van der Waals surface area (Å²) >= 11 is 0. The molecule has 0 bridgehead atoms. The van der Waals surface area contributed by atoms with Gasteiger partial charge in [-0.15, -0.1) is 0 Å². The van der Waals surface area contributed by atoms with Crippen molar-refractivity contribution in [2.24, 2.45) is 0 Å². The largest absolute Gasteiger partial charge is 0.0801 e. The lowest BCUT2D eigenvalue weighted by Gasteiger charge is -2.13. The average molecular weight is 266 g/mol. The SMILES string of the molecule is C1=CC(c2ccc3ccc4cccc5ccc2c3c45)=CC1. The normalized spacial score (nSPS) is 14.6. The molecular formula is C21H14. The van der Waals surface area contributed by atoms with Crippen LogP contribution >= 0.6 is 0 Å². The topological polar surface area (TPSA) is 0 Å². The van der Waals surface area contributed by atoms with Crippen LogP contribution in [-0.4, -0.2) is 0 Å². The molecule has 0 heteroatoms. The van der Waals surface area contributed by atoms with Crippen LogP contribution in [0.5, 0.6) is 0 Å². The van der Waals surface area contributed by atoms with E-state index >= 15 is 0 Å². The molecule has 0 amide bonds. The Kier molecular flexibility index (Phi) is 2.09. The summed E-state index contributed by atoms with van der Waals surface area (Å²) in [5.41, 5.74) is 2.71. The number of hydrogen-bond donors (Lipinski definition) is 0. The van der Waals surface area contributed by atoms with Gasteiger partial charge >= 0.3 is 0 Å². The highest BCUT2D eigenvalue weighted by Gasteiger charge is 2.12. The number of rotatable bonds is 1. The summed E-state index contributed by atoms with van der Waals surface area (Å²) < 4.78 is 0. The van der Waals surface area contributed by atoms with Gasteiger partial charge in [-0.1, -0.05) is 72.8 Å². The van der Waals surface area contributed by atoms with Gasteiger partial charge in [0.05, 0.1) is 0 Å². The maximum Gasteiger partial charge on any atom is -0.00206 e. The molecule has 0 aliphatic heterocycles. The molecule has 21 heavy (non-hydrogen) atoms. The van der Waals surface area contributed by atoms with Gasteiger partial charge in [0.2, 0.25) is 0 Å². The molecule has 0 spiro atoms. The van der Waals surface area contributed by atoms with Crippen molar-refractivity contribution in [2.45, 2.75) is 6.42 Å². The molecule has 0 saturated carbocycles. The van der Waals surface area contributed by atoms with E-state index in [4.69, 9.17) is 0 Å². The standard InChI is InChI=1S/C21H14/c1-2-5-14(4-1)18-12-10-17-9-8-15-6-3-7-16-11-13-19(18)21(17)20(15)16/h1,3-13H,2H2. The minimum Gasteiger partial charge on any atom is -0.0801 e. The van der Waals surface area contributed by atoms with Crippen molar-refractivity contribution in [3.63, 3.8) is 0 Å². The molecule has 0 heterocycles. The van der Waals surface area contributed by atoms with E-state index in [0.29, 0.717) is 0 Å². The van der Waals surface area contributed by atoms with Crippen LogP contribution in [0.4, 0.5) is 0 Å². The Morgan fingerprint density at radius 1 is 0.667 bits per heavy atom. The van der Waals surface area contributed by atoms with Gasteiger partial charge in [0, 0.05) is 0 Å². The fraction of sp³-hybridized carbons (Fsp3) is 0.0476. The zero-order valence-corrected chi connectivity index (χ0v) is 11.6. The van der Waals surface area contributed by atoms with E-state index in [-0.39, 0.29) is 0 Å².